The molecule has 0 heterocycles. The molecule has 1 fully saturated rings. The monoisotopic (exact) mass is 520 g/mol. The fourth-order valence-electron chi connectivity index (χ4n) is 5.83. The number of Topliss-reactive ketones (excluding diaryl/α,β-unsaturated/α-hetero) is 2. The first-order valence-corrected chi connectivity index (χ1v) is 11.8. The Balaban J connectivity index is 1.61. The molecule has 5 rings (SSSR count). The van der Waals surface area contributed by atoms with Crippen LogP contribution in [0.15, 0.2) is 53.3 Å². The molecule has 0 radical (unpaired) electrons. The molecular weight excluding hydrogens is 496 g/mol. The molecule has 3 atom stereocenters. The molecule has 11 heteroatoms. The number of ketones is 2. The fraction of sp³-hybridized carbons (Fsp3) is 0.259. The van der Waals surface area contributed by atoms with Gasteiger partial charge in [0.1, 0.15) is 29.4 Å². The second-order valence-corrected chi connectivity index (χ2v) is 9.68. The van der Waals surface area contributed by atoms with Crippen LogP contribution in [0.5, 0.6) is 5.75 Å². The average Bonchev–Trinajstić information content (AvgIpc) is 2.86. The lowest BCUT2D eigenvalue weighted by atomic mass is 9.59. The smallest absolute Gasteiger partial charge is 0.255 e. The van der Waals surface area contributed by atoms with Crippen molar-refractivity contribution in [1.29, 1.82) is 0 Å². The quantitative estimate of drug-likeness (QED) is 0.287. The minimum atomic E-state index is -2.61. The van der Waals surface area contributed by atoms with E-state index in [0.29, 0.717) is 22.4 Å². The van der Waals surface area contributed by atoms with Gasteiger partial charge in [0.05, 0.1) is 5.56 Å². The van der Waals surface area contributed by atoms with E-state index in [4.69, 9.17) is 10.8 Å². The molecule has 3 unspecified atom stereocenters. The molecule has 3 aliphatic carbocycles. The SMILES string of the molecule is NC(=O)C1=C(O)C2(O)C(=O)C3=C(O)c4c(O)ccc(-c5ccc(NC(=O)CO)cc5)c4CC3CC2CC1=O. The number of fused-ring (bicyclic) bond motifs is 3. The molecular formula is C27H24N2O9. The fourth-order valence-corrected chi connectivity index (χ4v) is 5.83. The summed E-state index contributed by atoms with van der Waals surface area (Å²) in [5.74, 6) is -7.38. The summed E-state index contributed by atoms with van der Waals surface area (Å²) in [4.78, 5) is 49.3. The summed E-state index contributed by atoms with van der Waals surface area (Å²) >= 11 is 0. The van der Waals surface area contributed by atoms with Gasteiger partial charge in [0.2, 0.25) is 11.7 Å². The van der Waals surface area contributed by atoms with E-state index < -0.39 is 70.9 Å². The molecule has 3 aliphatic rings. The third kappa shape index (κ3) is 3.58. The van der Waals surface area contributed by atoms with Crippen LogP contribution in [0.3, 0.4) is 0 Å². The van der Waals surface area contributed by atoms with Crippen LogP contribution in [0.1, 0.15) is 24.0 Å². The lowest BCUT2D eigenvalue weighted by molar-refractivity contribution is -0.147. The van der Waals surface area contributed by atoms with E-state index in [1.165, 1.54) is 6.07 Å². The van der Waals surface area contributed by atoms with Gasteiger partial charge in [-0.2, -0.15) is 0 Å². The average molecular weight is 520 g/mol. The molecule has 0 aromatic heterocycles. The van der Waals surface area contributed by atoms with E-state index in [2.05, 4.69) is 5.32 Å². The number of carbonyl (C=O) groups excluding carboxylic acids is 4. The largest absolute Gasteiger partial charge is 0.508 e. The van der Waals surface area contributed by atoms with Crippen LogP contribution in [-0.2, 0) is 25.6 Å². The first kappa shape index (κ1) is 25.2. The maximum atomic E-state index is 13.6. The van der Waals surface area contributed by atoms with Crippen LogP contribution in [-0.4, -0.2) is 61.1 Å². The lowest BCUT2D eigenvalue weighted by Gasteiger charge is -2.46. The van der Waals surface area contributed by atoms with Crippen LogP contribution in [0.25, 0.3) is 16.9 Å². The summed E-state index contributed by atoms with van der Waals surface area (Å²) in [5, 5.41) is 55.3. The maximum absolute atomic E-state index is 13.6. The van der Waals surface area contributed by atoms with E-state index in [0.717, 1.165) is 0 Å². The first-order chi connectivity index (χ1) is 18.0. The topological polar surface area (TPSA) is 207 Å². The van der Waals surface area contributed by atoms with Crippen molar-refractivity contribution in [3.8, 4) is 16.9 Å². The Hall–Kier alpha value is -4.48. The van der Waals surface area contributed by atoms with Crippen LogP contribution in [0.4, 0.5) is 5.69 Å². The van der Waals surface area contributed by atoms with E-state index in [1.54, 1.807) is 30.3 Å². The summed E-state index contributed by atoms with van der Waals surface area (Å²) in [6.07, 6.45) is -0.193. The number of nitrogens with two attached hydrogens (primary N) is 1. The van der Waals surface area contributed by atoms with Crippen LogP contribution in [0, 0.1) is 11.8 Å². The first-order valence-electron chi connectivity index (χ1n) is 11.8. The number of nitrogens with one attached hydrogen (secondary N) is 1. The Morgan fingerprint density at radius 2 is 1.71 bits per heavy atom. The Morgan fingerprint density at radius 3 is 2.34 bits per heavy atom. The van der Waals surface area contributed by atoms with E-state index in [9.17, 15) is 39.6 Å². The number of phenols is 1. The van der Waals surface area contributed by atoms with Crippen molar-refractivity contribution in [2.24, 2.45) is 17.6 Å². The van der Waals surface area contributed by atoms with Gasteiger partial charge < -0.3 is 36.6 Å². The lowest BCUT2D eigenvalue weighted by Crippen LogP contribution is -2.58. The van der Waals surface area contributed by atoms with Crippen molar-refractivity contribution in [3.05, 3.63) is 64.4 Å². The van der Waals surface area contributed by atoms with Crippen molar-refractivity contribution < 1.29 is 44.7 Å². The molecule has 0 bridgehead atoms. The molecule has 38 heavy (non-hydrogen) atoms. The number of aliphatic hydroxyl groups excluding tert-OH is 3. The highest BCUT2D eigenvalue weighted by Gasteiger charge is 2.60. The number of anilines is 1. The van der Waals surface area contributed by atoms with Gasteiger partial charge in [0, 0.05) is 23.6 Å². The highest BCUT2D eigenvalue weighted by Crippen LogP contribution is 2.53. The van der Waals surface area contributed by atoms with Gasteiger partial charge in [-0.05, 0) is 53.6 Å². The van der Waals surface area contributed by atoms with Crippen molar-refractivity contribution in [1.82, 2.24) is 0 Å². The number of benzene rings is 2. The minimum absolute atomic E-state index is 0.00714. The maximum Gasteiger partial charge on any atom is 0.255 e. The molecule has 0 aliphatic heterocycles. The molecule has 2 amide bonds. The minimum Gasteiger partial charge on any atom is -0.508 e. The van der Waals surface area contributed by atoms with Gasteiger partial charge in [0.25, 0.3) is 5.91 Å². The van der Waals surface area contributed by atoms with Crippen LogP contribution in [0.2, 0.25) is 0 Å². The number of primary amides is 1. The van der Waals surface area contributed by atoms with Gasteiger partial charge in [0.15, 0.2) is 11.4 Å². The molecule has 0 saturated heterocycles. The van der Waals surface area contributed by atoms with Crippen LogP contribution < -0.4 is 11.1 Å². The van der Waals surface area contributed by atoms with Gasteiger partial charge >= 0.3 is 0 Å². The third-order valence-corrected chi connectivity index (χ3v) is 7.57. The number of hydrogen-bond acceptors (Lipinski definition) is 9. The Morgan fingerprint density at radius 1 is 1.03 bits per heavy atom. The van der Waals surface area contributed by atoms with Crippen molar-refractivity contribution in [2.75, 3.05) is 11.9 Å². The molecule has 11 nitrogen and oxygen atoms in total. The molecule has 196 valence electrons. The van der Waals surface area contributed by atoms with Crippen molar-refractivity contribution in [2.45, 2.75) is 24.9 Å². The zero-order valence-electron chi connectivity index (χ0n) is 19.9. The van der Waals surface area contributed by atoms with Crippen molar-refractivity contribution in [3.63, 3.8) is 0 Å². The number of aromatic hydroxyl groups is 1. The number of carbonyl (C=O) groups is 4. The second-order valence-electron chi connectivity index (χ2n) is 9.68. The van der Waals surface area contributed by atoms with Gasteiger partial charge in [-0.3, -0.25) is 19.2 Å². The summed E-state index contributed by atoms with van der Waals surface area (Å²) in [6, 6.07) is 9.64. The second kappa shape index (κ2) is 8.82. The molecule has 1 saturated carbocycles. The Bertz CT molecular complexity index is 1490. The summed E-state index contributed by atoms with van der Waals surface area (Å²) in [5.41, 5.74) is 3.83. The standard InChI is InChI=1S/C27H24N2O9/c28-26(37)22-18(32)9-13-7-12-8-16-15(11-1-3-14(4-2-11)29-19(33)10-30)5-6-17(31)21(16)23(34)20(12)24(35)27(13,38)25(22)36/h1-6,12-13,30-31,34,36,38H,7-10H2,(H2,28,37)(H,29,33). The summed E-state index contributed by atoms with van der Waals surface area (Å²) < 4.78 is 0. The zero-order valence-corrected chi connectivity index (χ0v) is 19.9. The van der Waals surface area contributed by atoms with E-state index in [-0.39, 0.29) is 29.7 Å². The molecule has 0 spiro atoms. The van der Waals surface area contributed by atoms with E-state index >= 15 is 0 Å². The Labute approximate surface area is 215 Å². The number of amides is 2. The van der Waals surface area contributed by atoms with Gasteiger partial charge in [-0.15, -0.1) is 0 Å². The summed E-state index contributed by atoms with van der Waals surface area (Å²) in [6.45, 7) is -0.666. The van der Waals surface area contributed by atoms with Gasteiger partial charge in [-0.1, -0.05) is 18.2 Å². The normalized spacial score (nSPS) is 24.5. The van der Waals surface area contributed by atoms with E-state index in [1.807, 2.05) is 0 Å². The Kier molecular flexibility index (Phi) is 5.85. The number of aliphatic hydroxyl groups is 4. The predicted octanol–water partition coefficient (Wildman–Crippen LogP) is 1.02. The summed E-state index contributed by atoms with van der Waals surface area (Å²) in [7, 11) is 0. The molecule has 8 N–H and O–H groups in total. The van der Waals surface area contributed by atoms with Gasteiger partial charge in [-0.25, -0.2) is 0 Å². The number of rotatable bonds is 4. The molecule has 2 aromatic rings. The predicted molar refractivity (Wildman–Crippen MR) is 133 cm³/mol. The highest BCUT2D eigenvalue weighted by molar-refractivity contribution is 6.22. The highest BCUT2D eigenvalue weighted by atomic mass is 16.3. The number of phenolic OH excluding ortho intramolecular Hbond substituents is 1. The van der Waals surface area contributed by atoms with Crippen LogP contribution >= 0.6 is 0 Å². The molecule has 2 aromatic carbocycles. The third-order valence-electron chi connectivity index (χ3n) is 7.57. The van der Waals surface area contributed by atoms with Crippen molar-refractivity contribution >= 4 is 34.8 Å². The zero-order chi connectivity index (χ0) is 27.5. The number of hydrogen-bond donors (Lipinski definition) is 7.